The zero-order chi connectivity index (χ0) is 33.6. The summed E-state index contributed by atoms with van der Waals surface area (Å²) in [6.45, 7) is 3.14. The summed E-state index contributed by atoms with van der Waals surface area (Å²) in [5, 5.41) is 12.8. The predicted octanol–water partition coefficient (Wildman–Crippen LogP) is 3.92. The molecule has 2 amide bonds. The van der Waals surface area contributed by atoms with Gasteiger partial charge in [0.1, 0.15) is 5.82 Å². The van der Waals surface area contributed by atoms with Gasteiger partial charge in [0.05, 0.1) is 17.7 Å². The number of aromatic nitrogens is 2. The van der Waals surface area contributed by atoms with Crippen LogP contribution in [-0.2, 0) is 16.6 Å². The summed E-state index contributed by atoms with van der Waals surface area (Å²) >= 11 is 0. The van der Waals surface area contributed by atoms with Crippen LogP contribution in [0.15, 0.2) is 82.0 Å². The Kier molecular flexibility index (Phi) is 8.04. The minimum atomic E-state index is -0.550. The standard InChI is InChI=1S/C36H36FN7O4/c1-41-35(47)48-33(40-41)26-4-2-23(3-5-26)24-12-16-43(17-13-24)31(45)21-42-18-14-36(22-42)15-19-44(34(36)46)28-10-11-30(38)29(20-28)32(39)25-6-8-27(37)9-7-25/h2-12,20,39H,13-19,21-22,38H2,1H3/t36-/m0/s1. The number of anilines is 2. The van der Waals surface area contributed by atoms with Gasteiger partial charge in [-0.1, -0.05) is 18.2 Å². The van der Waals surface area contributed by atoms with Gasteiger partial charge in [0.25, 0.3) is 0 Å². The molecule has 0 unspecified atom stereocenters. The van der Waals surface area contributed by atoms with E-state index in [1.165, 1.54) is 12.1 Å². The summed E-state index contributed by atoms with van der Waals surface area (Å²) in [4.78, 5) is 44.5. The molecule has 4 heterocycles. The molecular formula is C36H36FN7O4. The molecule has 1 atom stereocenters. The van der Waals surface area contributed by atoms with Crippen LogP contribution >= 0.6 is 0 Å². The van der Waals surface area contributed by atoms with Crippen molar-refractivity contribution in [1.29, 1.82) is 5.41 Å². The monoisotopic (exact) mass is 649 g/mol. The van der Waals surface area contributed by atoms with E-state index in [2.05, 4.69) is 16.1 Å². The smallest absolute Gasteiger partial charge is 0.398 e. The third kappa shape index (κ3) is 5.83. The van der Waals surface area contributed by atoms with Crippen LogP contribution in [-0.4, -0.2) is 76.4 Å². The van der Waals surface area contributed by atoms with Gasteiger partial charge in [-0.3, -0.25) is 19.9 Å². The summed E-state index contributed by atoms with van der Waals surface area (Å²) in [5.41, 5.74) is 10.9. The highest BCUT2D eigenvalue weighted by atomic mass is 19.1. The molecule has 3 aliphatic heterocycles. The van der Waals surface area contributed by atoms with Gasteiger partial charge in [-0.15, -0.1) is 5.10 Å². The van der Waals surface area contributed by atoms with Gasteiger partial charge < -0.3 is 20.0 Å². The number of carbonyl (C=O) groups excluding carboxylic acids is 2. The van der Waals surface area contributed by atoms with Crippen LogP contribution in [0.5, 0.6) is 0 Å². The zero-order valence-corrected chi connectivity index (χ0v) is 26.6. The first kappa shape index (κ1) is 31.3. The highest BCUT2D eigenvalue weighted by Gasteiger charge is 2.51. The van der Waals surface area contributed by atoms with Crippen LogP contribution in [0.4, 0.5) is 15.8 Å². The van der Waals surface area contributed by atoms with Gasteiger partial charge in [0.15, 0.2) is 0 Å². The van der Waals surface area contributed by atoms with Crippen LogP contribution in [0.2, 0.25) is 0 Å². The molecule has 0 bridgehead atoms. The Morgan fingerprint density at radius 2 is 1.73 bits per heavy atom. The zero-order valence-electron chi connectivity index (χ0n) is 26.6. The number of nitrogens with two attached hydrogens (primary N) is 1. The number of nitrogen functional groups attached to an aromatic ring is 1. The average Bonchev–Trinajstić information content (AvgIpc) is 3.77. The molecule has 1 aromatic heterocycles. The maximum absolute atomic E-state index is 13.9. The number of rotatable bonds is 7. The van der Waals surface area contributed by atoms with E-state index in [1.54, 1.807) is 42.3 Å². The van der Waals surface area contributed by atoms with Crippen molar-refractivity contribution in [2.75, 3.05) is 49.9 Å². The van der Waals surface area contributed by atoms with Gasteiger partial charge in [-0.2, -0.15) is 4.68 Å². The number of benzene rings is 3. The van der Waals surface area contributed by atoms with Crippen molar-refractivity contribution in [3.05, 3.63) is 106 Å². The van der Waals surface area contributed by atoms with Crippen LogP contribution in [0.25, 0.3) is 17.0 Å². The first-order chi connectivity index (χ1) is 23.1. The van der Waals surface area contributed by atoms with E-state index in [-0.39, 0.29) is 35.8 Å². The van der Waals surface area contributed by atoms with Crippen molar-refractivity contribution in [3.63, 3.8) is 0 Å². The SMILES string of the molecule is Cn1nc(-c2ccc(C3=CCN(C(=O)CN4CC[C@]5(CCN(c6ccc(N)c(C(=N)c7ccc(F)cc7)c6)C5=O)C4)CC3)cc2)oc1=O. The number of nitrogens with one attached hydrogen (secondary N) is 1. The van der Waals surface area contributed by atoms with Crippen LogP contribution in [0, 0.1) is 16.6 Å². The Balaban J connectivity index is 0.957. The Morgan fingerprint density at radius 1 is 1.00 bits per heavy atom. The van der Waals surface area contributed by atoms with E-state index < -0.39 is 11.2 Å². The molecular weight excluding hydrogens is 613 g/mol. The first-order valence-electron chi connectivity index (χ1n) is 16.0. The van der Waals surface area contributed by atoms with E-state index in [9.17, 15) is 18.8 Å². The van der Waals surface area contributed by atoms with Crippen molar-refractivity contribution in [2.45, 2.75) is 19.3 Å². The van der Waals surface area contributed by atoms with E-state index in [0.29, 0.717) is 68.1 Å². The number of aryl methyl sites for hydroxylation is 1. The summed E-state index contributed by atoms with van der Waals surface area (Å²) in [7, 11) is 1.54. The largest absolute Gasteiger partial charge is 0.437 e. The number of halogens is 1. The van der Waals surface area contributed by atoms with Gasteiger partial charge in [-0.25, -0.2) is 9.18 Å². The quantitative estimate of drug-likeness (QED) is 0.228. The molecule has 7 rings (SSSR count). The number of carbonyl (C=O) groups is 2. The molecule has 0 radical (unpaired) electrons. The fourth-order valence-electron chi connectivity index (χ4n) is 6.98. The molecule has 2 fully saturated rings. The molecule has 48 heavy (non-hydrogen) atoms. The fraction of sp³-hybridized carbons (Fsp3) is 0.306. The second-order valence-corrected chi connectivity index (χ2v) is 12.8. The lowest BCUT2D eigenvalue weighted by atomic mass is 9.85. The number of hydrogen-bond donors (Lipinski definition) is 2. The number of likely N-dealkylation sites (tertiary alicyclic amines) is 1. The summed E-state index contributed by atoms with van der Waals surface area (Å²) in [5.74, 6) is -0.533. The predicted molar refractivity (Wildman–Crippen MR) is 180 cm³/mol. The summed E-state index contributed by atoms with van der Waals surface area (Å²) in [6.07, 6.45) is 4.18. The highest BCUT2D eigenvalue weighted by molar-refractivity contribution is 6.14. The second kappa shape index (κ2) is 12.3. The van der Waals surface area contributed by atoms with Crippen LogP contribution in [0.3, 0.4) is 0 Å². The maximum Gasteiger partial charge on any atom is 0.437 e. The minimum Gasteiger partial charge on any atom is -0.398 e. The number of hydrogen-bond acceptors (Lipinski definition) is 8. The molecule has 246 valence electrons. The lowest BCUT2D eigenvalue weighted by Crippen LogP contribution is -2.43. The lowest BCUT2D eigenvalue weighted by Gasteiger charge is -2.29. The van der Waals surface area contributed by atoms with Crippen LogP contribution in [0.1, 0.15) is 36.0 Å². The molecule has 1 spiro atoms. The average molecular weight is 650 g/mol. The number of nitrogens with zero attached hydrogens (tertiary/aromatic N) is 5. The third-order valence-corrected chi connectivity index (χ3v) is 9.81. The normalized spacial score (nSPS) is 19.7. The lowest BCUT2D eigenvalue weighted by molar-refractivity contribution is -0.132. The minimum absolute atomic E-state index is 0.0308. The molecule has 0 aliphatic carbocycles. The summed E-state index contributed by atoms with van der Waals surface area (Å²) < 4.78 is 19.8. The van der Waals surface area contributed by atoms with E-state index in [0.717, 1.165) is 27.8 Å². The van der Waals surface area contributed by atoms with Crippen molar-refractivity contribution >= 4 is 34.5 Å². The van der Waals surface area contributed by atoms with Gasteiger partial charge >= 0.3 is 5.76 Å². The Morgan fingerprint density at radius 3 is 2.42 bits per heavy atom. The Hall–Kier alpha value is -5.36. The van der Waals surface area contributed by atoms with Gasteiger partial charge in [0, 0.05) is 61.3 Å². The van der Waals surface area contributed by atoms with Crippen molar-refractivity contribution in [1.82, 2.24) is 19.6 Å². The molecule has 12 heteroatoms. The number of amides is 2. The fourth-order valence-corrected chi connectivity index (χ4v) is 6.98. The molecule has 2 saturated heterocycles. The molecule has 3 aliphatic rings. The molecule has 0 saturated carbocycles. The van der Waals surface area contributed by atoms with Crippen molar-refractivity contribution in [2.24, 2.45) is 12.5 Å². The van der Waals surface area contributed by atoms with E-state index in [4.69, 9.17) is 15.6 Å². The van der Waals surface area contributed by atoms with Crippen LogP contribution < -0.4 is 16.4 Å². The van der Waals surface area contributed by atoms with Gasteiger partial charge in [-0.05, 0) is 91.5 Å². The highest BCUT2D eigenvalue weighted by Crippen LogP contribution is 2.43. The third-order valence-electron chi connectivity index (χ3n) is 9.81. The molecule has 3 aromatic carbocycles. The molecule has 4 aromatic rings. The van der Waals surface area contributed by atoms with Crippen molar-refractivity contribution in [3.8, 4) is 11.5 Å². The van der Waals surface area contributed by atoms with Crippen molar-refractivity contribution < 1.29 is 18.4 Å². The Bertz CT molecular complexity index is 2000. The van der Waals surface area contributed by atoms with E-state index >= 15 is 0 Å². The van der Waals surface area contributed by atoms with E-state index in [1.807, 2.05) is 29.2 Å². The maximum atomic E-state index is 13.9. The second-order valence-electron chi connectivity index (χ2n) is 12.8. The molecule has 11 nitrogen and oxygen atoms in total. The Labute approximate surface area is 276 Å². The summed E-state index contributed by atoms with van der Waals surface area (Å²) in [6, 6.07) is 18.7. The van der Waals surface area contributed by atoms with Gasteiger partial charge in [0.2, 0.25) is 17.7 Å². The topological polar surface area (TPSA) is 142 Å². The molecule has 3 N–H and O–H groups in total. The first-order valence-corrected chi connectivity index (χ1v) is 16.0.